The standard InChI is InChI=1S/C27H32F3N5O/c1-17(2)35-16-20(13-33-35)22-9-7-18(3)12-23(22)26(36)34-11-5-6-19(4)24(34)15-32-25-10-8-21(14-31-25)27(28,29)30/h7-10,12-14,16-17,19,24H,5-6,11,15H2,1-4H3,(H,31,32)/t19-,24?/m1/s1. The average molecular weight is 500 g/mol. The Morgan fingerprint density at radius 3 is 2.61 bits per heavy atom. The molecule has 0 saturated carbocycles. The van der Waals surface area contributed by atoms with Gasteiger partial charge in [0.05, 0.1) is 17.8 Å². The van der Waals surface area contributed by atoms with Gasteiger partial charge in [-0.15, -0.1) is 0 Å². The van der Waals surface area contributed by atoms with Crippen LogP contribution in [0.25, 0.3) is 11.1 Å². The van der Waals surface area contributed by atoms with Gasteiger partial charge >= 0.3 is 6.18 Å². The molecule has 0 aliphatic carbocycles. The summed E-state index contributed by atoms with van der Waals surface area (Å²) in [6, 6.07) is 8.31. The van der Waals surface area contributed by atoms with E-state index in [1.165, 1.54) is 6.07 Å². The van der Waals surface area contributed by atoms with Crippen molar-refractivity contribution >= 4 is 11.7 Å². The predicted molar refractivity (Wildman–Crippen MR) is 134 cm³/mol. The number of rotatable bonds is 6. The van der Waals surface area contributed by atoms with Gasteiger partial charge in [-0.2, -0.15) is 18.3 Å². The van der Waals surface area contributed by atoms with E-state index in [1.807, 2.05) is 40.9 Å². The lowest BCUT2D eigenvalue weighted by molar-refractivity contribution is -0.137. The van der Waals surface area contributed by atoms with E-state index in [2.05, 4.69) is 36.2 Å². The van der Waals surface area contributed by atoms with Crippen LogP contribution >= 0.6 is 0 Å². The third-order valence-corrected chi connectivity index (χ3v) is 6.81. The van der Waals surface area contributed by atoms with Gasteiger partial charge in [0.25, 0.3) is 5.91 Å². The van der Waals surface area contributed by atoms with Crippen LogP contribution in [0.15, 0.2) is 48.9 Å². The van der Waals surface area contributed by atoms with Crippen LogP contribution in [0.4, 0.5) is 19.0 Å². The molecule has 6 nitrogen and oxygen atoms in total. The molecule has 3 heterocycles. The quantitative estimate of drug-likeness (QED) is 0.438. The Morgan fingerprint density at radius 2 is 1.97 bits per heavy atom. The molecule has 0 spiro atoms. The number of benzene rings is 1. The maximum absolute atomic E-state index is 13.9. The van der Waals surface area contributed by atoms with Crippen LogP contribution in [0.2, 0.25) is 0 Å². The maximum Gasteiger partial charge on any atom is 0.417 e. The van der Waals surface area contributed by atoms with Crippen LogP contribution in [0.1, 0.15) is 61.1 Å². The molecular formula is C27H32F3N5O. The number of carbonyl (C=O) groups is 1. The van der Waals surface area contributed by atoms with E-state index < -0.39 is 11.7 Å². The van der Waals surface area contributed by atoms with E-state index in [9.17, 15) is 18.0 Å². The van der Waals surface area contributed by atoms with Crippen molar-refractivity contribution in [3.63, 3.8) is 0 Å². The first-order valence-corrected chi connectivity index (χ1v) is 12.3. The largest absolute Gasteiger partial charge is 0.417 e. The Morgan fingerprint density at radius 1 is 1.19 bits per heavy atom. The lowest BCUT2D eigenvalue weighted by Gasteiger charge is -2.40. The number of piperidine rings is 1. The average Bonchev–Trinajstić information content (AvgIpc) is 3.33. The lowest BCUT2D eigenvalue weighted by atomic mass is 9.89. The molecule has 1 unspecified atom stereocenters. The van der Waals surface area contributed by atoms with Crippen molar-refractivity contribution < 1.29 is 18.0 Å². The highest BCUT2D eigenvalue weighted by molar-refractivity contribution is 6.01. The topological polar surface area (TPSA) is 63.1 Å². The zero-order chi connectivity index (χ0) is 26.0. The number of amides is 1. The Hall–Kier alpha value is -3.36. The van der Waals surface area contributed by atoms with Gasteiger partial charge in [0, 0.05) is 42.7 Å². The number of pyridine rings is 1. The molecule has 1 amide bonds. The van der Waals surface area contributed by atoms with E-state index in [-0.39, 0.29) is 23.9 Å². The normalized spacial score (nSPS) is 18.5. The molecule has 1 fully saturated rings. The summed E-state index contributed by atoms with van der Waals surface area (Å²) in [4.78, 5) is 19.8. The van der Waals surface area contributed by atoms with Gasteiger partial charge in [-0.1, -0.05) is 24.6 Å². The smallest absolute Gasteiger partial charge is 0.368 e. The van der Waals surface area contributed by atoms with Crippen LogP contribution in [-0.4, -0.2) is 44.7 Å². The molecule has 1 aliphatic rings. The van der Waals surface area contributed by atoms with Gasteiger partial charge in [-0.25, -0.2) is 4.98 Å². The number of hydrogen-bond donors (Lipinski definition) is 1. The van der Waals surface area contributed by atoms with E-state index in [4.69, 9.17) is 0 Å². The Balaban J connectivity index is 1.58. The van der Waals surface area contributed by atoms with Crippen LogP contribution in [0.5, 0.6) is 0 Å². The zero-order valence-electron chi connectivity index (χ0n) is 21.0. The summed E-state index contributed by atoms with van der Waals surface area (Å²) in [6.45, 7) is 9.20. The van der Waals surface area contributed by atoms with Crippen LogP contribution < -0.4 is 5.32 Å². The van der Waals surface area contributed by atoms with E-state index >= 15 is 0 Å². The molecule has 2 aromatic heterocycles. The lowest BCUT2D eigenvalue weighted by Crippen LogP contribution is -2.51. The summed E-state index contributed by atoms with van der Waals surface area (Å²) in [6.07, 6.45) is 2.01. The summed E-state index contributed by atoms with van der Waals surface area (Å²) in [7, 11) is 0. The van der Waals surface area contributed by atoms with Crippen molar-refractivity contribution in [2.24, 2.45) is 5.92 Å². The van der Waals surface area contributed by atoms with Gasteiger partial charge in [0.1, 0.15) is 5.82 Å². The van der Waals surface area contributed by atoms with Crippen molar-refractivity contribution in [2.75, 3.05) is 18.4 Å². The third-order valence-electron chi connectivity index (χ3n) is 6.81. The second-order valence-corrected chi connectivity index (χ2v) is 9.85. The summed E-state index contributed by atoms with van der Waals surface area (Å²) in [5.74, 6) is 0.525. The Kier molecular flexibility index (Phi) is 7.38. The summed E-state index contributed by atoms with van der Waals surface area (Å²) < 4.78 is 40.5. The number of carbonyl (C=O) groups excluding carboxylic acids is 1. The number of hydrogen-bond acceptors (Lipinski definition) is 4. The molecule has 1 N–H and O–H groups in total. The molecule has 1 aromatic carbocycles. The number of likely N-dealkylation sites (tertiary alicyclic amines) is 1. The van der Waals surface area contributed by atoms with Crippen molar-refractivity contribution in [1.29, 1.82) is 0 Å². The molecule has 0 radical (unpaired) electrons. The molecule has 0 bridgehead atoms. The molecule has 2 atom stereocenters. The van der Waals surface area contributed by atoms with Crippen LogP contribution in [0.3, 0.4) is 0 Å². The van der Waals surface area contributed by atoms with Crippen molar-refractivity contribution in [2.45, 2.75) is 58.8 Å². The molecule has 36 heavy (non-hydrogen) atoms. The summed E-state index contributed by atoms with van der Waals surface area (Å²) in [5, 5.41) is 7.59. The fourth-order valence-electron chi connectivity index (χ4n) is 4.69. The molecule has 1 saturated heterocycles. The molecule has 192 valence electrons. The fraction of sp³-hybridized carbons (Fsp3) is 0.444. The number of alkyl halides is 3. The molecule has 1 aliphatic heterocycles. The zero-order valence-corrected chi connectivity index (χ0v) is 21.0. The molecule has 4 rings (SSSR count). The molecular weight excluding hydrogens is 467 g/mol. The first-order valence-electron chi connectivity index (χ1n) is 12.3. The number of nitrogens with zero attached hydrogens (tertiary/aromatic N) is 4. The fourth-order valence-corrected chi connectivity index (χ4v) is 4.69. The van der Waals surface area contributed by atoms with E-state index in [0.29, 0.717) is 24.5 Å². The molecule has 9 heteroatoms. The first kappa shape index (κ1) is 25.7. The van der Waals surface area contributed by atoms with Gasteiger partial charge in [0.15, 0.2) is 0 Å². The maximum atomic E-state index is 13.9. The van der Waals surface area contributed by atoms with Gasteiger partial charge in [-0.3, -0.25) is 9.48 Å². The highest BCUT2D eigenvalue weighted by Gasteiger charge is 2.34. The van der Waals surface area contributed by atoms with Gasteiger partial charge < -0.3 is 10.2 Å². The summed E-state index contributed by atoms with van der Waals surface area (Å²) >= 11 is 0. The SMILES string of the molecule is Cc1ccc(-c2cnn(C(C)C)c2)c(C(=O)N2CCC[C@@H](C)C2CNc2ccc(C(F)(F)F)cn2)c1. The van der Waals surface area contributed by atoms with Crippen molar-refractivity contribution in [3.05, 3.63) is 65.6 Å². The van der Waals surface area contributed by atoms with Crippen LogP contribution in [0, 0.1) is 12.8 Å². The second kappa shape index (κ2) is 10.3. The number of anilines is 1. The number of halogens is 3. The highest BCUT2D eigenvalue weighted by Crippen LogP contribution is 2.31. The Bertz CT molecular complexity index is 1200. The minimum Gasteiger partial charge on any atom is -0.368 e. The van der Waals surface area contributed by atoms with E-state index in [0.717, 1.165) is 41.8 Å². The van der Waals surface area contributed by atoms with Gasteiger partial charge in [-0.05, 0) is 63.3 Å². The number of nitrogens with one attached hydrogen (secondary N) is 1. The Labute approximate surface area is 209 Å². The summed E-state index contributed by atoms with van der Waals surface area (Å²) in [5.41, 5.74) is 2.56. The van der Waals surface area contributed by atoms with Crippen LogP contribution in [-0.2, 0) is 6.18 Å². The minimum absolute atomic E-state index is 0.0512. The second-order valence-electron chi connectivity index (χ2n) is 9.85. The monoisotopic (exact) mass is 499 g/mol. The minimum atomic E-state index is -4.43. The van der Waals surface area contributed by atoms with E-state index in [1.54, 1.807) is 6.20 Å². The van der Waals surface area contributed by atoms with Crippen molar-refractivity contribution in [3.8, 4) is 11.1 Å². The highest BCUT2D eigenvalue weighted by atomic mass is 19.4. The third kappa shape index (κ3) is 5.55. The first-order chi connectivity index (χ1) is 17.0. The number of aromatic nitrogens is 3. The predicted octanol–water partition coefficient (Wildman–Crippen LogP) is 6.21. The van der Waals surface area contributed by atoms with Crippen molar-refractivity contribution in [1.82, 2.24) is 19.7 Å². The number of aryl methyl sites for hydroxylation is 1. The van der Waals surface area contributed by atoms with Gasteiger partial charge in [0.2, 0.25) is 0 Å². The molecule has 3 aromatic rings.